The average molecular weight is 224 g/mol. The fourth-order valence-electron chi connectivity index (χ4n) is 3.18. The van der Waals surface area contributed by atoms with Gasteiger partial charge in [0.2, 0.25) is 0 Å². The van der Waals surface area contributed by atoms with Gasteiger partial charge < -0.3 is 10.6 Å². The minimum absolute atomic E-state index is 0.716. The Hall–Kier alpha value is -0.0800. The Morgan fingerprint density at radius 3 is 2.81 bits per heavy atom. The van der Waals surface area contributed by atoms with Crippen molar-refractivity contribution in [2.24, 2.45) is 11.3 Å². The fourth-order valence-corrected chi connectivity index (χ4v) is 3.18. The molecule has 0 aromatic carbocycles. The molecule has 2 atom stereocenters. The van der Waals surface area contributed by atoms with Gasteiger partial charge in [-0.3, -0.25) is 0 Å². The second-order valence-electron chi connectivity index (χ2n) is 6.13. The van der Waals surface area contributed by atoms with Crippen LogP contribution in [0.2, 0.25) is 0 Å². The van der Waals surface area contributed by atoms with Gasteiger partial charge in [-0.2, -0.15) is 0 Å². The van der Waals surface area contributed by atoms with Gasteiger partial charge in [-0.25, -0.2) is 0 Å². The van der Waals surface area contributed by atoms with Crippen LogP contribution in [0.5, 0.6) is 0 Å². The average Bonchev–Trinajstić information content (AvgIpc) is 2.99. The summed E-state index contributed by atoms with van der Waals surface area (Å²) in [6.07, 6.45) is 8.44. The third-order valence-electron chi connectivity index (χ3n) is 4.40. The maximum absolute atomic E-state index is 3.74. The zero-order valence-electron chi connectivity index (χ0n) is 11.0. The third kappa shape index (κ3) is 3.46. The SMILES string of the molecule is CCCC1(CNCC2CCNC(C)C2)CC1. The van der Waals surface area contributed by atoms with Crippen molar-refractivity contribution in [3.8, 4) is 0 Å². The molecule has 1 saturated carbocycles. The zero-order valence-corrected chi connectivity index (χ0v) is 11.0. The molecule has 0 spiro atoms. The topological polar surface area (TPSA) is 24.1 Å². The van der Waals surface area contributed by atoms with E-state index in [0.29, 0.717) is 5.41 Å². The summed E-state index contributed by atoms with van der Waals surface area (Å²) in [6, 6.07) is 0.728. The van der Waals surface area contributed by atoms with E-state index in [1.165, 1.54) is 58.2 Å². The predicted molar refractivity (Wildman–Crippen MR) is 69.6 cm³/mol. The smallest absolute Gasteiger partial charge is 0.00418 e. The van der Waals surface area contributed by atoms with E-state index in [1.54, 1.807) is 0 Å². The van der Waals surface area contributed by atoms with Crippen molar-refractivity contribution < 1.29 is 0 Å². The molecule has 1 aliphatic heterocycles. The molecule has 2 nitrogen and oxygen atoms in total. The molecule has 0 aromatic heterocycles. The Morgan fingerprint density at radius 1 is 1.38 bits per heavy atom. The molecule has 1 heterocycles. The molecule has 94 valence electrons. The largest absolute Gasteiger partial charge is 0.316 e. The minimum Gasteiger partial charge on any atom is -0.316 e. The van der Waals surface area contributed by atoms with E-state index in [9.17, 15) is 0 Å². The molecule has 2 N–H and O–H groups in total. The van der Waals surface area contributed by atoms with Crippen LogP contribution in [0.3, 0.4) is 0 Å². The van der Waals surface area contributed by atoms with Crippen molar-refractivity contribution in [3.63, 3.8) is 0 Å². The molecule has 0 amide bonds. The summed E-state index contributed by atoms with van der Waals surface area (Å²) in [7, 11) is 0. The number of rotatable bonds is 6. The summed E-state index contributed by atoms with van der Waals surface area (Å²) >= 11 is 0. The van der Waals surface area contributed by atoms with Crippen LogP contribution in [0.25, 0.3) is 0 Å². The Kier molecular flexibility index (Phi) is 4.26. The van der Waals surface area contributed by atoms with Crippen LogP contribution < -0.4 is 10.6 Å². The predicted octanol–water partition coefficient (Wildman–Crippen LogP) is 2.54. The second kappa shape index (κ2) is 5.50. The van der Waals surface area contributed by atoms with Gasteiger partial charge in [0, 0.05) is 12.6 Å². The molecule has 2 unspecified atom stereocenters. The zero-order chi connectivity index (χ0) is 11.4. The molecule has 0 bridgehead atoms. The van der Waals surface area contributed by atoms with Crippen LogP contribution in [-0.2, 0) is 0 Å². The summed E-state index contributed by atoms with van der Waals surface area (Å²) in [6.45, 7) is 8.37. The van der Waals surface area contributed by atoms with Crippen molar-refractivity contribution in [2.45, 2.75) is 58.4 Å². The van der Waals surface area contributed by atoms with Crippen LogP contribution in [-0.4, -0.2) is 25.7 Å². The first-order valence-electron chi connectivity index (χ1n) is 7.18. The van der Waals surface area contributed by atoms with Gasteiger partial charge in [-0.1, -0.05) is 13.3 Å². The molecule has 16 heavy (non-hydrogen) atoms. The van der Waals surface area contributed by atoms with Crippen molar-refractivity contribution in [3.05, 3.63) is 0 Å². The normalized spacial score (nSPS) is 32.6. The highest BCUT2D eigenvalue weighted by Crippen LogP contribution is 2.48. The molecule has 1 saturated heterocycles. The maximum atomic E-state index is 3.74. The lowest BCUT2D eigenvalue weighted by atomic mass is 9.93. The first kappa shape index (κ1) is 12.4. The lowest BCUT2D eigenvalue weighted by molar-refractivity contribution is 0.294. The van der Waals surface area contributed by atoms with E-state index < -0.39 is 0 Å². The summed E-state index contributed by atoms with van der Waals surface area (Å²) in [5, 5.41) is 7.26. The van der Waals surface area contributed by atoms with E-state index in [-0.39, 0.29) is 0 Å². The number of hydrogen-bond donors (Lipinski definition) is 2. The van der Waals surface area contributed by atoms with Crippen molar-refractivity contribution in [1.29, 1.82) is 0 Å². The summed E-state index contributed by atoms with van der Waals surface area (Å²) in [4.78, 5) is 0. The van der Waals surface area contributed by atoms with Crippen molar-refractivity contribution in [1.82, 2.24) is 10.6 Å². The standard InChI is InChI=1S/C14H28N2/c1-3-5-14(6-7-14)11-15-10-13-4-8-16-12(2)9-13/h12-13,15-16H,3-11H2,1-2H3. The molecular formula is C14H28N2. The third-order valence-corrected chi connectivity index (χ3v) is 4.40. The highest BCUT2D eigenvalue weighted by atomic mass is 14.9. The van der Waals surface area contributed by atoms with Crippen LogP contribution in [0.1, 0.15) is 52.4 Å². The van der Waals surface area contributed by atoms with Gasteiger partial charge in [-0.05, 0) is 63.5 Å². The van der Waals surface area contributed by atoms with Crippen molar-refractivity contribution in [2.75, 3.05) is 19.6 Å². The van der Waals surface area contributed by atoms with E-state index in [0.717, 1.165) is 12.0 Å². The summed E-state index contributed by atoms with van der Waals surface area (Å²) < 4.78 is 0. The molecule has 2 aliphatic rings. The Morgan fingerprint density at radius 2 is 2.19 bits per heavy atom. The Labute approximate surface area is 101 Å². The maximum Gasteiger partial charge on any atom is 0.00418 e. The van der Waals surface area contributed by atoms with E-state index in [1.807, 2.05) is 0 Å². The minimum atomic E-state index is 0.716. The number of hydrogen-bond acceptors (Lipinski definition) is 2. The highest BCUT2D eigenvalue weighted by molar-refractivity contribution is 4.94. The molecular weight excluding hydrogens is 196 g/mol. The number of nitrogens with one attached hydrogen (secondary N) is 2. The van der Waals surface area contributed by atoms with Crippen LogP contribution in [0, 0.1) is 11.3 Å². The second-order valence-corrected chi connectivity index (χ2v) is 6.13. The first-order chi connectivity index (χ1) is 7.74. The van der Waals surface area contributed by atoms with Crippen LogP contribution in [0.4, 0.5) is 0 Å². The quantitative estimate of drug-likeness (QED) is 0.724. The van der Waals surface area contributed by atoms with Crippen molar-refractivity contribution >= 4 is 0 Å². The Bertz CT molecular complexity index is 211. The fraction of sp³-hybridized carbons (Fsp3) is 1.00. The molecule has 0 aromatic rings. The van der Waals surface area contributed by atoms with E-state index in [4.69, 9.17) is 0 Å². The van der Waals surface area contributed by atoms with Gasteiger partial charge in [0.25, 0.3) is 0 Å². The van der Waals surface area contributed by atoms with E-state index >= 15 is 0 Å². The molecule has 2 heteroatoms. The highest BCUT2D eigenvalue weighted by Gasteiger charge is 2.40. The van der Waals surface area contributed by atoms with Crippen LogP contribution in [0.15, 0.2) is 0 Å². The monoisotopic (exact) mass is 224 g/mol. The van der Waals surface area contributed by atoms with Gasteiger partial charge >= 0.3 is 0 Å². The van der Waals surface area contributed by atoms with Gasteiger partial charge in [0.15, 0.2) is 0 Å². The molecule has 0 radical (unpaired) electrons. The Balaban J connectivity index is 1.60. The first-order valence-corrected chi connectivity index (χ1v) is 7.18. The van der Waals surface area contributed by atoms with Gasteiger partial charge in [-0.15, -0.1) is 0 Å². The molecule has 2 rings (SSSR count). The summed E-state index contributed by atoms with van der Waals surface area (Å²) in [5.41, 5.74) is 0.716. The van der Waals surface area contributed by atoms with Gasteiger partial charge in [0.1, 0.15) is 0 Å². The van der Waals surface area contributed by atoms with Gasteiger partial charge in [0.05, 0.1) is 0 Å². The molecule has 2 fully saturated rings. The number of piperidine rings is 1. The van der Waals surface area contributed by atoms with Crippen LogP contribution >= 0.6 is 0 Å². The lowest BCUT2D eigenvalue weighted by Gasteiger charge is -2.28. The summed E-state index contributed by atoms with van der Waals surface area (Å²) in [5.74, 6) is 0.911. The lowest BCUT2D eigenvalue weighted by Crippen LogP contribution is -2.40. The van der Waals surface area contributed by atoms with E-state index in [2.05, 4.69) is 24.5 Å². The molecule has 1 aliphatic carbocycles.